The van der Waals surface area contributed by atoms with Gasteiger partial charge >= 0.3 is 0 Å². The lowest BCUT2D eigenvalue weighted by Crippen LogP contribution is -2.40. The van der Waals surface area contributed by atoms with Crippen LogP contribution in [0.5, 0.6) is 0 Å². The molecule has 1 aromatic rings. The lowest BCUT2D eigenvalue weighted by Gasteiger charge is -2.21. The summed E-state index contributed by atoms with van der Waals surface area (Å²) in [6.07, 6.45) is 1.59. The topological polar surface area (TPSA) is 66.5 Å². The minimum absolute atomic E-state index is 0.0990. The number of halogens is 2. The number of carbonyl (C=O) groups is 1. The molecule has 112 valence electrons. The fraction of sp³-hybridized carbons (Fsp3) is 0.417. The number of anilines is 1. The van der Waals surface area contributed by atoms with Crippen molar-refractivity contribution in [2.24, 2.45) is 0 Å². The van der Waals surface area contributed by atoms with Crippen LogP contribution >= 0.6 is 0 Å². The molecule has 1 aromatic carbocycles. The Bertz CT molecular complexity index is 590. The fourth-order valence-corrected chi connectivity index (χ4v) is 2.34. The van der Waals surface area contributed by atoms with Gasteiger partial charge in [-0.25, -0.2) is 17.2 Å². The molecule has 0 fully saturated rings. The second kappa shape index (κ2) is 6.65. The summed E-state index contributed by atoms with van der Waals surface area (Å²) < 4.78 is 50.1. The van der Waals surface area contributed by atoms with E-state index in [1.165, 1.54) is 0 Å². The van der Waals surface area contributed by atoms with Gasteiger partial charge in [0, 0.05) is 12.6 Å². The monoisotopic (exact) mass is 306 g/mol. The molecule has 0 aliphatic carbocycles. The molecular formula is C12H16F2N2O3S. The quantitative estimate of drug-likeness (QED) is 0.860. The predicted molar refractivity (Wildman–Crippen MR) is 71.8 cm³/mol. The van der Waals surface area contributed by atoms with E-state index in [9.17, 15) is 22.0 Å². The van der Waals surface area contributed by atoms with Gasteiger partial charge in [-0.1, -0.05) is 6.92 Å². The predicted octanol–water partition coefficient (Wildman–Crippen LogP) is 1.26. The molecule has 1 rings (SSSR count). The average molecular weight is 306 g/mol. The molecule has 5 nitrogen and oxygen atoms in total. The molecule has 1 amide bonds. The van der Waals surface area contributed by atoms with E-state index in [0.29, 0.717) is 13.0 Å². The van der Waals surface area contributed by atoms with Gasteiger partial charge in [0.15, 0.2) is 11.6 Å². The molecule has 20 heavy (non-hydrogen) atoms. The molecule has 0 saturated carbocycles. The third kappa shape index (κ3) is 4.44. The summed E-state index contributed by atoms with van der Waals surface area (Å²) in [4.78, 5) is 11.6. The SMILES string of the molecule is CCCNC(=O)CN(c1ccc(F)c(F)c1)S(C)(=O)=O. The largest absolute Gasteiger partial charge is 0.355 e. The van der Waals surface area contributed by atoms with Crippen molar-refractivity contribution in [2.75, 3.05) is 23.7 Å². The Balaban J connectivity index is 3.01. The van der Waals surface area contributed by atoms with Gasteiger partial charge in [0.25, 0.3) is 0 Å². The van der Waals surface area contributed by atoms with Crippen molar-refractivity contribution < 1.29 is 22.0 Å². The molecule has 0 bridgehead atoms. The molecule has 0 saturated heterocycles. The van der Waals surface area contributed by atoms with Gasteiger partial charge in [0.1, 0.15) is 6.54 Å². The Kier molecular flexibility index (Phi) is 5.43. The Hall–Kier alpha value is -1.70. The number of nitrogens with one attached hydrogen (secondary N) is 1. The van der Waals surface area contributed by atoms with Crippen LogP contribution in [0.4, 0.5) is 14.5 Å². The normalized spacial score (nSPS) is 11.2. The molecule has 0 aliphatic heterocycles. The minimum Gasteiger partial charge on any atom is -0.355 e. The highest BCUT2D eigenvalue weighted by atomic mass is 32.2. The smallest absolute Gasteiger partial charge is 0.240 e. The second-order valence-electron chi connectivity index (χ2n) is 4.22. The van der Waals surface area contributed by atoms with E-state index in [0.717, 1.165) is 28.8 Å². The maximum absolute atomic E-state index is 13.2. The van der Waals surface area contributed by atoms with Crippen molar-refractivity contribution in [1.82, 2.24) is 5.32 Å². The first-order chi connectivity index (χ1) is 9.25. The third-order valence-electron chi connectivity index (χ3n) is 2.45. The first-order valence-electron chi connectivity index (χ1n) is 5.95. The van der Waals surface area contributed by atoms with Gasteiger partial charge in [-0.05, 0) is 18.6 Å². The summed E-state index contributed by atoms with van der Waals surface area (Å²) in [6.45, 7) is 1.78. The first-order valence-corrected chi connectivity index (χ1v) is 7.80. The second-order valence-corrected chi connectivity index (χ2v) is 6.12. The Morgan fingerprint density at radius 1 is 1.30 bits per heavy atom. The van der Waals surface area contributed by atoms with Gasteiger partial charge in [-0.3, -0.25) is 9.10 Å². The average Bonchev–Trinajstić information content (AvgIpc) is 2.35. The number of rotatable bonds is 6. The molecule has 0 aromatic heterocycles. The fourth-order valence-electron chi connectivity index (χ4n) is 1.49. The highest BCUT2D eigenvalue weighted by Crippen LogP contribution is 2.20. The maximum Gasteiger partial charge on any atom is 0.240 e. The van der Waals surface area contributed by atoms with Gasteiger partial charge in [-0.15, -0.1) is 0 Å². The van der Waals surface area contributed by atoms with Crippen LogP contribution in [0.2, 0.25) is 0 Å². The summed E-state index contributed by atoms with van der Waals surface area (Å²) >= 11 is 0. The summed E-state index contributed by atoms with van der Waals surface area (Å²) in [5.74, 6) is -2.77. The molecule has 0 aliphatic rings. The molecular weight excluding hydrogens is 290 g/mol. The molecule has 1 N–H and O–H groups in total. The maximum atomic E-state index is 13.2. The van der Waals surface area contributed by atoms with Crippen LogP contribution in [0.1, 0.15) is 13.3 Å². The molecule has 0 radical (unpaired) electrons. The van der Waals surface area contributed by atoms with Crippen LogP contribution < -0.4 is 9.62 Å². The number of nitrogens with zero attached hydrogens (tertiary/aromatic N) is 1. The minimum atomic E-state index is -3.78. The van der Waals surface area contributed by atoms with E-state index >= 15 is 0 Å². The summed E-state index contributed by atoms with van der Waals surface area (Å²) in [7, 11) is -3.78. The van der Waals surface area contributed by atoms with Crippen molar-refractivity contribution in [1.29, 1.82) is 0 Å². The van der Waals surface area contributed by atoms with Gasteiger partial charge in [-0.2, -0.15) is 0 Å². The van der Waals surface area contributed by atoms with E-state index in [2.05, 4.69) is 5.32 Å². The highest BCUT2D eigenvalue weighted by Gasteiger charge is 2.21. The van der Waals surface area contributed by atoms with Crippen molar-refractivity contribution >= 4 is 21.6 Å². The third-order valence-corrected chi connectivity index (χ3v) is 3.59. The van der Waals surface area contributed by atoms with Crippen LogP contribution in [-0.4, -0.2) is 33.7 Å². The van der Waals surface area contributed by atoms with E-state index in [4.69, 9.17) is 0 Å². The number of hydrogen-bond acceptors (Lipinski definition) is 3. The summed E-state index contributed by atoms with van der Waals surface area (Å²) in [5.41, 5.74) is -0.0990. The number of sulfonamides is 1. The number of carbonyl (C=O) groups excluding carboxylic acids is 1. The summed E-state index contributed by atoms with van der Waals surface area (Å²) in [6, 6.07) is 2.66. The van der Waals surface area contributed by atoms with Crippen LogP contribution in [0, 0.1) is 11.6 Å². The van der Waals surface area contributed by atoms with Crippen LogP contribution in [0.15, 0.2) is 18.2 Å². The van der Waals surface area contributed by atoms with Crippen molar-refractivity contribution in [3.63, 3.8) is 0 Å². The molecule has 0 heterocycles. The molecule has 0 spiro atoms. The lowest BCUT2D eigenvalue weighted by molar-refractivity contribution is -0.119. The van der Waals surface area contributed by atoms with E-state index in [1.807, 2.05) is 6.92 Å². The number of benzene rings is 1. The zero-order chi connectivity index (χ0) is 15.3. The van der Waals surface area contributed by atoms with E-state index < -0.39 is 34.1 Å². The summed E-state index contributed by atoms with van der Waals surface area (Å²) in [5, 5.41) is 2.52. The Labute approximate surface area is 116 Å². The molecule has 8 heteroatoms. The number of amides is 1. The molecule has 0 unspecified atom stereocenters. The van der Waals surface area contributed by atoms with Crippen molar-refractivity contribution in [2.45, 2.75) is 13.3 Å². The zero-order valence-electron chi connectivity index (χ0n) is 11.2. The van der Waals surface area contributed by atoms with E-state index in [1.54, 1.807) is 0 Å². The van der Waals surface area contributed by atoms with Crippen molar-refractivity contribution in [3.8, 4) is 0 Å². The van der Waals surface area contributed by atoms with E-state index in [-0.39, 0.29) is 5.69 Å². The lowest BCUT2D eigenvalue weighted by atomic mass is 10.3. The Morgan fingerprint density at radius 2 is 1.95 bits per heavy atom. The zero-order valence-corrected chi connectivity index (χ0v) is 12.0. The van der Waals surface area contributed by atoms with Crippen LogP contribution in [0.25, 0.3) is 0 Å². The Morgan fingerprint density at radius 3 is 2.45 bits per heavy atom. The van der Waals surface area contributed by atoms with Crippen LogP contribution in [0.3, 0.4) is 0 Å². The standard InChI is InChI=1S/C12H16F2N2O3S/c1-3-6-15-12(17)8-16(20(2,18)19)9-4-5-10(13)11(14)7-9/h4-5,7H,3,6,8H2,1-2H3,(H,15,17). The van der Waals surface area contributed by atoms with Gasteiger partial charge < -0.3 is 5.32 Å². The van der Waals surface area contributed by atoms with Crippen molar-refractivity contribution in [3.05, 3.63) is 29.8 Å². The van der Waals surface area contributed by atoms with Crippen LogP contribution in [-0.2, 0) is 14.8 Å². The first kappa shape index (κ1) is 16.4. The molecule has 0 atom stereocenters. The highest BCUT2D eigenvalue weighted by molar-refractivity contribution is 7.92. The van der Waals surface area contributed by atoms with Gasteiger partial charge in [0.2, 0.25) is 15.9 Å². The number of hydrogen-bond donors (Lipinski definition) is 1. The van der Waals surface area contributed by atoms with Gasteiger partial charge in [0.05, 0.1) is 11.9 Å².